The molecule has 2 aromatic carbocycles. The van der Waals surface area contributed by atoms with Gasteiger partial charge < -0.3 is 4.74 Å². The van der Waals surface area contributed by atoms with Crippen LogP contribution < -0.4 is 14.4 Å². The van der Waals surface area contributed by atoms with Gasteiger partial charge in [-0.15, -0.1) is 10.2 Å². The monoisotopic (exact) mass is 498 g/mol. The van der Waals surface area contributed by atoms with Gasteiger partial charge in [-0.25, -0.2) is 12.8 Å². The van der Waals surface area contributed by atoms with E-state index in [-0.39, 0.29) is 22.3 Å². The molecule has 0 spiro atoms. The smallest absolute Gasteiger partial charge is 0.250 e. The van der Waals surface area contributed by atoms with Crippen molar-refractivity contribution in [2.45, 2.75) is 19.4 Å². The zero-order valence-corrected chi connectivity index (χ0v) is 19.8. The summed E-state index contributed by atoms with van der Waals surface area (Å²) in [5, 5.41) is 11.2. The second-order valence-electron chi connectivity index (χ2n) is 6.71. The molecule has 0 bridgehead atoms. The minimum atomic E-state index is -3.89. The van der Waals surface area contributed by atoms with Crippen LogP contribution in [0.1, 0.15) is 13.3 Å². The summed E-state index contributed by atoms with van der Waals surface area (Å²) in [4.78, 5) is 13.0. The molecule has 0 radical (unpaired) electrons. The standard InChI is InChI=1S/C20H20ClFN4O4S2/c1-4-17(26(32(3,28)29)13-7-10-16(22)15(21)11-13)18(27)23-20-25-24-19(31-20)12-5-8-14(30-2)9-6-12/h5-11,17H,4H2,1-3H3,(H,23,25,27)/t17-/m0/s1. The van der Waals surface area contributed by atoms with Crippen LogP contribution in [0.15, 0.2) is 42.5 Å². The highest BCUT2D eigenvalue weighted by Gasteiger charge is 2.32. The number of sulfonamides is 1. The first-order chi connectivity index (χ1) is 15.1. The van der Waals surface area contributed by atoms with E-state index in [1.54, 1.807) is 26.2 Å². The number of amides is 1. The van der Waals surface area contributed by atoms with E-state index < -0.39 is 27.8 Å². The quantitative estimate of drug-likeness (QED) is 0.499. The summed E-state index contributed by atoms with van der Waals surface area (Å²) in [5.41, 5.74) is 0.867. The number of hydrogen-bond acceptors (Lipinski definition) is 7. The van der Waals surface area contributed by atoms with Crippen LogP contribution in [0.25, 0.3) is 10.6 Å². The van der Waals surface area contributed by atoms with Crippen molar-refractivity contribution in [3.8, 4) is 16.3 Å². The highest BCUT2D eigenvalue weighted by molar-refractivity contribution is 7.92. The molecule has 1 aromatic heterocycles. The van der Waals surface area contributed by atoms with Crippen molar-refractivity contribution in [2.24, 2.45) is 0 Å². The Kier molecular flexibility index (Phi) is 7.32. The van der Waals surface area contributed by atoms with Crippen molar-refractivity contribution in [1.82, 2.24) is 10.2 Å². The van der Waals surface area contributed by atoms with Gasteiger partial charge in [-0.05, 0) is 48.9 Å². The fraction of sp³-hybridized carbons (Fsp3) is 0.250. The maximum Gasteiger partial charge on any atom is 0.250 e. The Balaban J connectivity index is 1.85. The Morgan fingerprint density at radius 3 is 2.50 bits per heavy atom. The van der Waals surface area contributed by atoms with Crippen molar-refractivity contribution >= 4 is 49.7 Å². The Hall–Kier alpha value is -2.76. The lowest BCUT2D eigenvalue weighted by Crippen LogP contribution is -2.47. The third-order valence-electron chi connectivity index (χ3n) is 4.48. The first kappa shape index (κ1) is 23.9. The number of nitrogens with zero attached hydrogens (tertiary/aromatic N) is 3. The third-order valence-corrected chi connectivity index (χ3v) is 6.84. The molecule has 0 aliphatic heterocycles. The van der Waals surface area contributed by atoms with Gasteiger partial charge in [0, 0.05) is 5.56 Å². The predicted octanol–water partition coefficient (Wildman–Crippen LogP) is 4.19. The second kappa shape index (κ2) is 9.80. The molecule has 0 saturated carbocycles. The lowest BCUT2D eigenvalue weighted by Gasteiger charge is -2.29. The minimum Gasteiger partial charge on any atom is -0.497 e. The molecule has 1 heterocycles. The SMILES string of the molecule is CC[C@@H](C(=O)Nc1nnc(-c2ccc(OC)cc2)s1)N(c1ccc(F)c(Cl)c1)S(C)(=O)=O. The third kappa shape index (κ3) is 5.34. The van der Waals surface area contributed by atoms with E-state index in [2.05, 4.69) is 15.5 Å². The summed E-state index contributed by atoms with van der Waals surface area (Å²) in [6.07, 6.45) is 1.12. The number of halogens is 2. The maximum atomic E-state index is 13.6. The molecule has 3 aromatic rings. The van der Waals surface area contributed by atoms with Crippen LogP contribution >= 0.6 is 22.9 Å². The average Bonchev–Trinajstić information content (AvgIpc) is 3.21. The lowest BCUT2D eigenvalue weighted by molar-refractivity contribution is -0.117. The van der Waals surface area contributed by atoms with E-state index >= 15 is 0 Å². The maximum absolute atomic E-state index is 13.6. The van der Waals surface area contributed by atoms with Gasteiger partial charge >= 0.3 is 0 Å². The number of carbonyl (C=O) groups is 1. The Morgan fingerprint density at radius 2 is 1.94 bits per heavy atom. The molecule has 170 valence electrons. The van der Waals surface area contributed by atoms with Gasteiger partial charge in [0.1, 0.15) is 22.6 Å². The summed E-state index contributed by atoms with van der Waals surface area (Å²) >= 11 is 6.97. The summed E-state index contributed by atoms with van der Waals surface area (Å²) in [6.45, 7) is 1.66. The number of benzene rings is 2. The average molecular weight is 499 g/mol. The van der Waals surface area contributed by atoms with Gasteiger partial charge in [0.2, 0.25) is 21.1 Å². The van der Waals surface area contributed by atoms with Gasteiger partial charge in [0.25, 0.3) is 0 Å². The van der Waals surface area contributed by atoms with Crippen molar-refractivity contribution in [2.75, 3.05) is 23.0 Å². The van der Waals surface area contributed by atoms with Gasteiger partial charge in [-0.3, -0.25) is 14.4 Å². The Bertz CT molecular complexity index is 1220. The van der Waals surface area contributed by atoms with E-state index in [4.69, 9.17) is 16.3 Å². The Labute approximate surface area is 194 Å². The fourth-order valence-electron chi connectivity index (χ4n) is 3.00. The zero-order chi connectivity index (χ0) is 23.5. The molecule has 1 N–H and O–H groups in total. The van der Waals surface area contributed by atoms with Gasteiger partial charge in [-0.1, -0.05) is 29.9 Å². The predicted molar refractivity (Wildman–Crippen MR) is 123 cm³/mol. The topological polar surface area (TPSA) is 101 Å². The normalized spacial score (nSPS) is 12.3. The lowest BCUT2D eigenvalue weighted by atomic mass is 10.2. The number of hydrogen-bond donors (Lipinski definition) is 1. The van der Waals surface area contributed by atoms with Crippen LogP contribution in [0.4, 0.5) is 15.2 Å². The molecule has 0 saturated heterocycles. The van der Waals surface area contributed by atoms with E-state index in [0.717, 1.165) is 33.5 Å². The molecule has 0 aliphatic carbocycles. The first-order valence-corrected chi connectivity index (χ1v) is 12.4. The molecule has 8 nitrogen and oxygen atoms in total. The zero-order valence-electron chi connectivity index (χ0n) is 17.4. The summed E-state index contributed by atoms with van der Waals surface area (Å²) in [5.74, 6) is -0.601. The summed E-state index contributed by atoms with van der Waals surface area (Å²) in [7, 11) is -2.33. The number of ether oxygens (including phenoxy) is 1. The second-order valence-corrected chi connectivity index (χ2v) is 9.96. The number of nitrogens with one attached hydrogen (secondary N) is 1. The number of aromatic nitrogens is 2. The van der Waals surface area contributed by atoms with E-state index in [9.17, 15) is 17.6 Å². The summed E-state index contributed by atoms with van der Waals surface area (Å²) < 4.78 is 44.6. The molecular formula is C20H20ClFN4O4S2. The van der Waals surface area contributed by atoms with E-state index in [1.807, 2.05) is 12.1 Å². The molecule has 1 atom stereocenters. The molecule has 0 unspecified atom stereocenters. The molecule has 1 amide bonds. The van der Waals surface area contributed by atoms with Gasteiger partial charge in [0.05, 0.1) is 24.1 Å². The Morgan fingerprint density at radius 1 is 1.25 bits per heavy atom. The van der Waals surface area contributed by atoms with Gasteiger partial charge in [0.15, 0.2) is 0 Å². The molecule has 0 aliphatic rings. The highest BCUT2D eigenvalue weighted by Crippen LogP contribution is 2.30. The minimum absolute atomic E-state index is 0.0806. The molecular weight excluding hydrogens is 479 g/mol. The number of methoxy groups -OCH3 is 1. The van der Waals surface area contributed by atoms with Crippen molar-refractivity contribution in [3.05, 3.63) is 53.3 Å². The largest absolute Gasteiger partial charge is 0.497 e. The van der Waals surface area contributed by atoms with Crippen LogP contribution in [-0.4, -0.2) is 43.9 Å². The van der Waals surface area contributed by atoms with Crippen molar-refractivity contribution in [1.29, 1.82) is 0 Å². The van der Waals surface area contributed by atoms with Crippen LogP contribution in [0.2, 0.25) is 5.02 Å². The summed E-state index contributed by atoms with van der Waals surface area (Å²) in [6, 6.07) is 9.53. The van der Waals surface area contributed by atoms with E-state index in [0.29, 0.717) is 10.8 Å². The van der Waals surface area contributed by atoms with Crippen molar-refractivity contribution in [3.63, 3.8) is 0 Å². The molecule has 12 heteroatoms. The number of anilines is 2. The van der Waals surface area contributed by atoms with Crippen LogP contribution in [0, 0.1) is 5.82 Å². The number of rotatable bonds is 8. The highest BCUT2D eigenvalue weighted by atomic mass is 35.5. The van der Waals surface area contributed by atoms with E-state index in [1.165, 1.54) is 12.1 Å². The van der Waals surface area contributed by atoms with Crippen LogP contribution in [0.5, 0.6) is 5.75 Å². The molecule has 3 rings (SSSR count). The molecule has 0 fully saturated rings. The van der Waals surface area contributed by atoms with Crippen LogP contribution in [0.3, 0.4) is 0 Å². The fourth-order valence-corrected chi connectivity index (χ4v) is 5.13. The van der Waals surface area contributed by atoms with Crippen LogP contribution in [-0.2, 0) is 14.8 Å². The molecule has 32 heavy (non-hydrogen) atoms. The van der Waals surface area contributed by atoms with Gasteiger partial charge in [-0.2, -0.15) is 0 Å². The van der Waals surface area contributed by atoms with Crippen molar-refractivity contribution < 1.29 is 22.3 Å². The first-order valence-electron chi connectivity index (χ1n) is 9.37. The number of carbonyl (C=O) groups excluding carboxylic acids is 1.